The zero-order valence-electron chi connectivity index (χ0n) is 12.8. The average Bonchev–Trinajstić information content (AvgIpc) is 2.55. The molecule has 3 nitrogen and oxygen atoms in total. The summed E-state index contributed by atoms with van der Waals surface area (Å²) < 4.78 is 12.2. The number of hydrogen-bond donors (Lipinski definition) is 0. The van der Waals surface area contributed by atoms with Gasteiger partial charge in [-0.3, -0.25) is 0 Å². The first-order valence-corrected chi connectivity index (χ1v) is 8.27. The van der Waals surface area contributed by atoms with E-state index in [1.165, 1.54) is 0 Å². The highest BCUT2D eigenvalue weighted by Crippen LogP contribution is 2.41. The van der Waals surface area contributed by atoms with Gasteiger partial charge in [0.25, 0.3) is 5.88 Å². The molecule has 118 valence electrons. The highest BCUT2D eigenvalue weighted by molar-refractivity contribution is 9.10. The van der Waals surface area contributed by atoms with Crippen molar-refractivity contribution >= 4 is 38.4 Å². The Balaban J connectivity index is 2.06. The molecule has 0 amide bonds. The second kappa shape index (κ2) is 6.77. The third-order valence-corrected chi connectivity index (χ3v) is 4.36. The van der Waals surface area contributed by atoms with E-state index in [-0.39, 0.29) is 0 Å². The van der Waals surface area contributed by atoms with Gasteiger partial charge in [0.1, 0.15) is 6.61 Å². The summed E-state index contributed by atoms with van der Waals surface area (Å²) in [4.78, 5) is 4.55. The van der Waals surface area contributed by atoms with E-state index in [1.54, 1.807) is 7.11 Å². The van der Waals surface area contributed by atoms with E-state index in [0.717, 1.165) is 26.5 Å². The maximum absolute atomic E-state index is 6.57. The summed E-state index contributed by atoms with van der Waals surface area (Å²) in [6, 6.07) is 13.8. The largest absolute Gasteiger partial charge is 0.482 e. The van der Waals surface area contributed by atoms with Crippen LogP contribution in [0, 0.1) is 6.92 Å². The predicted molar refractivity (Wildman–Crippen MR) is 96.5 cm³/mol. The third kappa shape index (κ3) is 3.28. The number of fused-ring (bicyclic) bond motifs is 1. The van der Waals surface area contributed by atoms with E-state index in [4.69, 9.17) is 21.1 Å². The van der Waals surface area contributed by atoms with Gasteiger partial charge in [0, 0.05) is 9.86 Å². The van der Waals surface area contributed by atoms with Crippen LogP contribution in [0.15, 0.2) is 46.9 Å². The second-order valence-corrected chi connectivity index (χ2v) is 6.45. The molecule has 1 heterocycles. The van der Waals surface area contributed by atoms with Gasteiger partial charge in [-0.1, -0.05) is 57.9 Å². The monoisotopic (exact) mass is 391 g/mol. The number of methoxy groups -OCH3 is 1. The summed E-state index contributed by atoms with van der Waals surface area (Å²) in [6.45, 7) is 2.39. The van der Waals surface area contributed by atoms with Crippen LogP contribution in [-0.2, 0) is 6.61 Å². The van der Waals surface area contributed by atoms with E-state index < -0.39 is 0 Å². The number of nitrogens with zero attached hydrogens (tertiary/aromatic N) is 1. The number of benzene rings is 2. The van der Waals surface area contributed by atoms with Crippen molar-refractivity contribution in [1.82, 2.24) is 4.98 Å². The van der Waals surface area contributed by atoms with E-state index in [2.05, 4.69) is 20.9 Å². The Hall–Kier alpha value is -1.78. The van der Waals surface area contributed by atoms with Gasteiger partial charge in [-0.05, 0) is 30.2 Å². The minimum absolute atomic E-state index is 0.392. The summed E-state index contributed by atoms with van der Waals surface area (Å²) in [5, 5.41) is 1.34. The van der Waals surface area contributed by atoms with Gasteiger partial charge in [-0.15, -0.1) is 0 Å². The lowest BCUT2D eigenvalue weighted by Gasteiger charge is -2.14. The molecule has 0 atom stereocenters. The number of aromatic nitrogens is 1. The molecule has 0 aliphatic carbocycles. The van der Waals surface area contributed by atoms with Gasteiger partial charge in [0.2, 0.25) is 5.75 Å². The molecule has 0 saturated heterocycles. The fraction of sp³-hybridized carbons (Fsp3) is 0.167. The summed E-state index contributed by atoms with van der Waals surface area (Å²) in [6.07, 6.45) is 0. The first kappa shape index (κ1) is 16.1. The van der Waals surface area contributed by atoms with Crippen LogP contribution in [0.25, 0.3) is 10.9 Å². The van der Waals surface area contributed by atoms with Crippen molar-refractivity contribution in [2.45, 2.75) is 13.5 Å². The van der Waals surface area contributed by atoms with Crippen LogP contribution in [0.1, 0.15) is 11.1 Å². The molecule has 0 radical (unpaired) electrons. The Kier molecular flexibility index (Phi) is 4.74. The van der Waals surface area contributed by atoms with Gasteiger partial charge in [0.15, 0.2) is 0 Å². The summed E-state index contributed by atoms with van der Waals surface area (Å²) >= 11 is 10.1. The van der Waals surface area contributed by atoms with Crippen LogP contribution in [0.4, 0.5) is 0 Å². The Morgan fingerprint density at radius 1 is 1.17 bits per heavy atom. The molecule has 3 rings (SSSR count). The molecule has 2 aromatic carbocycles. The fourth-order valence-electron chi connectivity index (χ4n) is 2.41. The lowest BCUT2D eigenvalue weighted by atomic mass is 10.1. The lowest BCUT2D eigenvalue weighted by molar-refractivity contribution is 0.280. The molecule has 0 bridgehead atoms. The van der Waals surface area contributed by atoms with Crippen molar-refractivity contribution in [3.8, 4) is 11.6 Å². The summed E-state index contributed by atoms with van der Waals surface area (Å²) in [5.74, 6) is 0.854. The molecule has 0 spiro atoms. The van der Waals surface area contributed by atoms with Gasteiger partial charge in [0.05, 0.1) is 17.6 Å². The fourth-order valence-corrected chi connectivity index (χ4v) is 3.26. The first-order chi connectivity index (χ1) is 11.1. The van der Waals surface area contributed by atoms with Crippen molar-refractivity contribution < 1.29 is 9.47 Å². The van der Waals surface area contributed by atoms with E-state index >= 15 is 0 Å². The predicted octanol–water partition coefficient (Wildman–Crippen LogP) is 5.55. The molecule has 23 heavy (non-hydrogen) atoms. The molecular weight excluding hydrogens is 378 g/mol. The minimum atomic E-state index is 0.392. The smallest absolute Gasteiger partial charge is 0.258 e. The highest BCUT2D eigenvalue weighted by Gasteiger charge is 2.17. The number of halogens is 2. The third-order valence-electron chi connectivity index (χ3n) is 3.53. The molecule has 0 saturated carbocycles. The molecule has 3 aromatic rings. The van der Waals surface area contributed by atoms with Crippen molar-refractivity contribution in [3.63, 3.8) is 0 Å². The second-order valence-electron chi connectivity index (χ2n) is 5.16. The number of aryl methyl sites for hydroxylation is 1. The summed E-state index contributed by atoms with van der Waals surface area (Å²) in [7, 11) is 1.56. The van der Waals surface area contributed by atoms with Crippen LogP contribution < -0.4 is 9.47 Å². The van der Waals surface area contributed by atoms with E-state index in [1.807, 2.05) is 49.4 Å². The van der Waals surface area contributed by atoms with Crippen molar-refractivity contribution in [3.05, 3.63) is 63.1 Å². The number of hydrogen-bond acceptors (Lipinski definition) is 3. The number of pyridine rings is 1. The SMILES string of the molecule is COc1nc2c(C)cc(Br)cc2c(Cl)c1OCc1ccccc1. The van der Waals surface area contributed by atoms with Gasteiger partial charge >= 0.3 is 0 Å². The molecule has 1 aromatic heterocycles. The molecule has 0 N–H and O–H groups in total. The van der Waals surface area contributed by atoms with Crippen LogP contribution in [0.3, 0.4) is 0 Å². The van der Waals surface area contributed by atoms with Gasteiger partial charge in [-0.25, -0.2) is 4.98 Å². The van der Waals surface area contributed by atoms with Gasteiger partial charge < -0.3 is 9.47 Å². The Labute approximate surface area is 148 Å². The molecule has 0 aliphatic rings. The summed E-state index contributed by atoms with van der Waals surface area (Å²) in [5.41, 5.74) is 2.88. The lowest BCUT2D eigenvalue weighted by Crippen LogP contribution is -2.01. The van der Waals surface area contributed by atoms with Crippen molar-refractivity contribution in [2.24, 2.45) is 0 Å². The standard InChI is InChI=1S/C18H15BrClNO2/c1-11-8-13(19)9-14-15(20)17(18(22-2)21-16(11)14)23-10-12-6-4-3-5-7-12/h3-9H,10H2,1-2H3. The molecular formula is C18H15BrClNO2. The molecule has 5 heteroatoms. The van der Waals surface area contributed by atoms with Crippen LogP contribution in [0.2, 0.25) is 5.02 Å². The average molecular weight is 393 g/mol. The quantitative estimate of drug-likeness (QED) is 0.583. The Morgan fingerprint density at radius 2 is 1.91 bits per heavy atom. The molecule has 0 fully saturated rings. The van der Waals surface area contributed by atoms with Crippen molar-refractivity contribution in [2.75, 3.05) is 7.11 Å². The topological polar surface area (TPSA) is 31.4 Å². The van der Waals surface area contributed by atoms with Crippen LogP contribution in [0.5, 0.6) is 11.6 Å². The number of ether oxygens (including phenoxy) is 2. The minimum Gasteiger partial charge on any atom is -0.482 e. The maximum Gasteiger partial charge on any atom is 0.258 e. The Morgan fingerprint density at radius 3 is 2.61 bits per heavy atom. The molecule has 0 aliphatic heterocycles. The van der Waals surface area contributed by atoms with Gasteiger partial charge in [-0.2, -0.15) is 0 Å². The Bertz CT molecular complexity index is 853. The highest BCUT2D eigenvalue weighted by atomic mass is 79.9. The van der Waals surface area contributed by atoms with Crippen LogP contribution >= 0.6 is 27.5 Å². The van der Waals surface area contributed by atoms with Crippen molar-refractivity contribution in [1.29, 1.82) is 0 Å². The normalized spacial score (nSPS) is 10.8. The first-order valence-electron chi connectivity index (χ1n) is 7.10. The zero-order chi connectivity index (χ0) is 16.4. The molecule has 0 unspecified atom stereocenters. The van der Waals surface area contributed by atoms with E-state index in [0.29, 0.717) is 23.3 Å². The van der Waals surface area contributed by atoms with E-state index in [9.17, 15) is 0 Å². The van der Waals surface area contributed by atoms with Crippen LogP contribution in [-0.4, -0.2) is 12.1 Å². The number of rotatable bonds is 4. The maximum atomic E-state index is 6.57. The zero-order valence-corrected chi connectivity index (χ0v) is 15.1.